The Hall–Kier alpha value is -11.2. The summed E-state index contributed by atoms with van der Waals surface area (Å²) in [4.78, 5) is 189. The van der Waals surface area contributed by atoms with Crippen molar-refractivity contribution in [1.82, 2.24) is 78.7 Å². The van der Waals surface area contributed by atoms with E-state index in [0.29, 0.717) is 93.4 Å². The highest BCUT2D eigenvalue weighted by atomic mass is 32.2. The molecular weight excluding hydrogens is 1630 g/mol. The molecule has 6 rings (SSSR count). The lowest BCUT2D eigenvalue weighted by Gasteiger charge is -2.32. The molecule has 2 fully saturated rings. The third kappa shape index (κ3) is 38.3. The Kier molecular flexibility index (Phi) is 48.4. The zero-order valence-electron chi connectivity index (χ0n) is 73.9. The number of unbranched alkanes of at least 4 members (excludes halogenated alkanes) is 9. The number of likely N-dealkylation sites (tertiary alicyclic amines) is 2. The number of hydrogen-bond acceptors (Lipinski definition) is 19. The maximum absolute atomic E-state index is 15.5. The number of guanidine groups is 1. The molecule has 4 aromatic rings. The highest BCUT2D eigenvalue weighted by Gasteiger charge is 2.42. The number of hydrazone groups is 1. The lowest BCUT2D eigenvalue weighted by Crippen LogP contribution is -2.61. The number of hydrogen-bond donors (Lipinski definition) is 18. The molecule has 35 heteroatoms. The Morgan fingerprint density at radius 3 is 1.67 bits per heavy atom. The number of primary amides is 1. The van der Waals surface area contributed by atoms with Crippen molar-refractivity contribution in [3.8, 4) is 0 Å². The first kappa shape index (κ1) is 104. The lowest BCUT2D eigenvalue weighted by atomic mass is 10.00. The summed E-state index contributed by atoms with van der Waals surface area (Å²) in [6, 6.07) is 12.8. The van der Waals surface area contributed by atoms with Crippen molar-refractivity contribution in [1.29, 1.82) is 5.41 Å². The topological polar surface area (TPSA) is 529 Å². The summed E-state index contributed by atoms with van der Waals surface area (Å²) in [6.45, 7) is 6.79. The van der Waals surface area contributed by atoms with Crippen LogP contribution in [0.15, 0.2) is 121 Å². The van der Waals surface area contributed by atoms with E-state index in [1.807, 2.05) is 30.5 Å². The highest BCUT2D eigenvalue weighted by molar-refractivity contribution is 7.98. The first-order valence-electron chi connectivity index (χ1n) is 44.9. The van der Waals surface area contributed by atoms with Crippen LogP contribution in [0.2, 0.25) is 0 Å². The minimum absolute atomic E-state index is 0.000290. The van der Waals surface area contributed by atoms with Crippen LogP contribution in [-0.2, 0) is 81.6 Å². The van der Waals surface area contributed by atoms with Gasteiger partial charge in [-0.15, -0.1) is 0 Å². The van der Waals surface area contributed by atoms with Crippen LogP contribution in [0.4, 0.5) is 0 Å². The normalized spacial score (nSPS) is 15.8. The number of carbonyl (C=O) groups is 13. The van der Waals surface area contributed by atoms with Crippen molar-refractivity contribution in [2.75, 3.05) is 64.4 Å². The van der Waals surface area contributed by atoms with E-state index < -0.39 is 131 Å². The molecule has 3 aromatic carbocycles. The second kappa shape index (κ2) is 58.9. The zero-order chi connectivity index (χ0) is 91.4. The van der Waals surface area contributed by atoms with Gasteiger partial charge >= 0.3 is 0 Å². The first-order valence-corrected chi connectivity index (χ1v) is 46.3. The quantitative estimate of drug-likeness (QED) is 0.00973. The Balaban J connectivity index is 1.06. The molecule has 0 unspecified atom stereocenters. The van der Waals surface area contributed by atoms with Crippen LogP contribution in [0.3, 0.4) is 0 Å². The fraction of sp³-hybridized carbons (Fsp3) is 0.571. The molecule has 2 aliphatic rings. The minimum Gasteiger partial charge on any atom is -0.370 e. The number of aromatic amines is 1. The number of para-hydroxylation sites is 1. The third-order valence-electron chi connectivity index (χ3n) is 22.1. The fourth-order valence-electron chi connectivity index (χ4n) is 15.0. The van der Waals surface area contributed by atoms with Gasteiger partial charge in [0.05, 0.1) is 6.04 Å². The number of allylic oxidation sites excluding steroid dienone is 4. The monoisotopic (exact) mass is 1770 g/mol. The van der Waals surface area contributed by atoms with Gasteiger partial charge < -0.3 is 102 Å². The summed E-state index contributed by atoms with van der Waals surface area (Å²) < 4.78 is 0. The molecule has 13 amide bonds. The number of aromatic nitrogens is 1. The molecule has 0 aliphatic carbocycles. The molecule has 0 bridgehead atoms. The number of benzene rings is 3. The van der Waals surface area contributed by atoms with Crippen molar-refractivity contribution in [3.05, 3.63) is 132 Å². The summed E-state index contributed by atoms with van der Waals surface area (Å²) in [7, 11) is 0. The number of fused-ring (bicyclic) bond motifs is 1. The van der Waals surface area contributed by atoms with Gasteiger partial charge in [-0.05, 0) is 169 Å². The predicted molar refractivity (Wildman–Crippen MR) is 491 cm³/mol. The average molecular weight is 1770 g/mol. The largest absolute Gasteiger partial charge is 0.370 e. The van der Waals surface area contributed by atoms with Crippen LogP contribution in [0, 0.1) is 11.3 Å². The number of thioether (sulfide) groups is 1. The molecule has 34 nitrogen and oxygen atoms in total. The molecule has 2 aliphatic heterocycles. The van der Waals surface area contributed by atoms with E-state index in [1.165, 1.54) is 29.1 Å². The second-order valence-electron chi connectivity index (χ2n) is 32.5. The van der Waals surface area contributed by atoms with Crippen LogP contribution in [0.25, 0.3) is 10.9 Å². The summed E-state index contributed by atoms with van der Waals surface area (Å²) in [5, 5.41) is 43.2. The molecule has 126 heavy (non-hydrogen) atoms. The van der Waals surface area contributed by atoms with E-state index in [1.54, 1.807) is 92.5 Å². The van der Waals surface area contributed by atoms with Gasteiger partial charge in [0.1, 0.15) is 67.1 Å². The Morgan fingerprint density at radius 2 is 1.05 bits per heavy atom. The number of rotatable bonds is 61. The summed E-state index contributed by atoms with van der Waals surface area (Å²) >= 11 is 1.54. The van der Waals surface area contributed by atoms with Gasteiger partial charge in [-0.2, -0.15) is 16.9 Å². The molecule has 2 saturated heterocycles. The zero-order valence-corrected chi connectivity index (χ0v) is 74.7. The number of H-pyrrole nitrogens is 1. The SMILES string of the molecule is CCCCC/C=C\C/C=C\CCCCCCCC(=O)NCCCNC(=O)/C=N/NCC(=O)NCCC[C@H](NC(=O)[C@@H](NC(=O)[C@@H]1CCCN1C(=O)[C@H](CCCCN)NC(=O)[C@H](Cc1ccccc1)NC(=O)[C@@H](Cc1c[nH]c2ccccc12)NC(=O)[C@H](CCCNC(=N)N)NC(=O)[C@@H](Cc1ccccc1)NC(=O)[C@@H]1CCCN1C(=O)[C@@H](N)CCSC)C(C)C)C(N)=O. The van der Waals surface area contributed by atoms with Crippen molar-refractivity contribution < 1.29 is 62.3 Å². The third-order valence-corrected chi connectivity index (χ3v) is 22.8. The predicted octanol–water partition coefficient (Wildman–Crippen LogP) is 4.09. The molecule has 0 spiro atoms. The summed E-state index contributed by atoms with van der Waals surface area (Å²) in [5.41, 5.74) is 28.8. The molecule has 22 N–H and O–H groups in total. The van der Waals surface area contributed by atoms with Gasteiger partial charge in [0.2, 0.25) is 70.9 Å². The van der Waals surface area contributed by atoms with Crippen molar-refractivity contribution in [2.24, 2.45) is 34.0 Å². The van der Waals surface area contributed by atoms with Crippen LogP contribution in [0.5, 0.6) is 0 Å². The molecule has 692 valence electrons. The standard InChI is InChI=1S/C91H139N21O13S/c1-5-6-7-8-9-10-11-12-13-14-15-16-17-18-25-46-77(113)97-51-34-52-99-79(115)61-103-102-60-78(114)98-49-30-42-69(81(94)116)104-88(123)80(62(2)3)110-87(122)76-45-33-54-112(76)90(125)71(41-28-29-48-92)106-84(119)72(56-63-35-21-19-22-36-63)107-85(120)74(58-65-59-101-68-40-27-26-39-66(65)68)108-82(117)70(43-31-50-100-91(95)96)105-83(118)73(57-64-37-23-20-24-38-64)109-86(121)75-44-32-53-111(75)89(124)67(93)47-55-126-4/h9-10,12-13,19-24,26-27,35-40,59,61-62,67,69-76,80,101-102H,5-8,11,14-18,25,28-34,41-58,60,92-93H2,1-4H3,(H2,94,116)(H,97,113)(H,98,114)(H,99,115)(H,104,123)(H,105,118)(H,106,119)(H,107,120)(H,108,117)(H,109,121)(H,110,122)(H4,95,96,100)/b10-9-,13-12-,103-61+/t67-,69-,70-,71-,72-,73+,74+,75-,76-,80-/m0/s1. The average Bonchev–Trinajstić information content (AvgIpc) is 1.69. The fourth-order valence-corrected chi connectivity index (χ4v) is 15.5. The second-order valence-corrected chi connectivity index (χ2v) is 33.5. The van der Waals surface area contributed by atoms with Crippen molar-refractivity contribution >= 4 is 112 Å². The van der Waals surface area contributed by atoms with Crippen LogP contribution >= 0.6 is 11.8 Å². The number of nitrogens with one attached hydrogen (secondary N) is 14. The number of nitrogens with two attached hydrogens (primary N) is 4. The number of carbonyl (C=O) groups excluding carboxylic acids is 13. The van der Waals surface area contributed by atoms with Gasteiger partial charge in [-0.3, -0.25) is 67.7 Å². The van der Waals surface area contributed by atoms with E-state index in [-0.39, 0.29) is 108 Å². The van der Waals surface area contributed by atoms with E-state index in [0.717, 1.165) is 68.5 Å². The summed E-state index contributed by atoms with van der Waals surface area (Å²) in [5.74, 6) is -8.33. The van der Waals surface area contributed by atoms with Crippen LogP contribution < -0.4 is 86.8 Å². The molecular formula is C91H139N21O13S. The summed E-state index contributed by atoms with van der Waals surface area (Å²) in [6.07, 6.45) is 29.3. The Bertz CT molecular complexity index is 4190. The first-order chi connectivity index (χ1) is 60.8. The number of nitrogens with zero attached hydrogens (tertiary/aromatic N) is 3. The molecule has 0 radical (unpaired) electrons. The highest BCUT2D eigenvalue weighted by Crippen LogP contribution is 2.25. The Labute approximate surface area is 745 Å². The molecule has 3 heterocycles. The number of amides is 13. The molecule has 10 atom stereocenters. The van der Waals surface area contributed by atoms with Crippen molar-refractivity contribution in [3.63, 3.8) is 0 Å². The van der Waals surface area contributed by atoms with E-state index in [9.17, 15) is 43.2 Å². The van der Waals surface area contributed by atoms with Gasteiger partial charge in [-0.1, -0.05) is 156 Å². The Morgan fingerprint density at radius 1 is 0.532 bits per heavy atom. The van der Waals surface area contributed by atoms with Gasteiger partial charge in [-0.25, -0.2) is 0 Å². The minimum atomic E-state index is -1.47. The van der Waals surface area contributed by atoms with Gasteiger partial charge in [0.25, 0.3) is 5.91 Å². The van der Waals surface area contributed by atoms with Crippen LogP contribution in [0.1, 0.15) is 198 Å². The van der Waals surface area contributed by atoms with E-state index in [2.05, 4.69) is 105 Å². The van der Waals surface area contributed by atoms with Crippen LogP contribution in [-0.4, -0.2) is 229 Å². The smallest absolute Gasteiger partial charge is 0.264 e. The van der Waals surface area contributed by atoms with E-state index >= 15 is 19.2 Å². The maximum Gasteiger partial charge on any atom is 0.264 e. The molecule has 1 aromatic heterocycles. The van der Waals surface area contributed by atoms with Crippen molar-refractivity contribution in [2.45, 2.75) is 261 Å². The molecule has 0 saturated carbocycles. The van der Waals surface area contributed by atoms with E-state index in [4.69, 9.17) is 28.3 Å². The lowest BCUT2D eigenvalue weighted by molar-refractivity contribution is -0.143. The van der Waals surface area contributed by atoms with Gasteiger partial charge in [0, 0.05) is 82.1 Å². The van der Waals surface area contributed by atoms with Gasteiger partial charge in [0.15, 0.2) is 5.96 Å². The maximum atomic E-state index is 15.5.